The number of aliphatic hydroxyl groups excluding tert-OH is 2. The van der Waals surface area contributed by atoms with Crippen molar-refractivity contribution >= 4 is 5.97 Å². The molecule has 0 bridgehead atoms. The third kappa shape index (κ3) is 17.2. The number of aliphatic hydroxyl groups is 2. The van der Waals surface area contributed by atoms with Gasteiger partial charge in [0.1, 0.15) is 12.7 Å². The molecule has 0 aromatic rings. The summed E-state index contributed by atoms with van der Waals surface area (Å²) in [5.74, 6) is -0.346. The van der Waals surface area contributed by atoms with Crippen LogP contribution in [0, 0.1) is 0 Å². The van der Waals surface area contributed by atoms with Gasteiger partial charge in [0.05, 0.1) is 6.61 Å². The molecular formula is C20H36O5. The normalized spacial score (nSPS) is 13.0. The molecule has 0 aromatic heterocycles. The Morgan fingerprint density at radius 1 is 0.920 bits per heavy atom. The van der Waals surface area contributed by atoms with E-state index < -0.39 is 12.7 Å². The van der Waals surface area contributed by atoms with Gasteiger partial charge in [-0.05, 0) is 59.8 Å². The predicted octanol–water partition coefficient (Wildman–Crippen LogP) is 3.26. The van der Waals surface area contributed by atoms with E-state index in [4.69, 9.17) is 14.9 Å². The topological polar surface area (TPSA) is 98.3 Å². The van der Waals surface area contributed by atoms with E-state index in [1.165, 1.54) is 16.7 Å². The third-order valence-corrected chi connectivity index (χ3v) is 3.61. The van der Waals surface area contributed by atoms with E-state index in [9.17, 15) is 4.79 Å². The van der Waals surface area contributed by atoms with Crippen LogP contribution in [0.3, 0.4) is 0 Å². The molecule has 1 unspecified atom stereocenters. The van der Waals surface area contributed by atoms with Gasteiger partial charge in [-0.3, -0.25) is 4.79 Å². The molecule has 0 aliphatic carbocycles. The van der Waals surface area contributed by atoms with E-state index in [0.29, 0.717) is 12.8 Å². The summed E-state index contributed by atoms with van der Waals surface area (Å²) in [6.45, 7) is 7.96. The molecule has 4 N–H and O–H groups in total. The highest BCUT2D eigenvalue weighted by Crippen LogP contribution is 2.12. The van der Waals surface area contributed by atoms with Gasteiger partial charge in [-0.2, -0.15) is 0 Å². The number of ether oxygens (including phenoxy) is 1. The summed E-state index contributed by atoms with van der Waals surface area (Å²) < 4.78 is 4.85. The molecule has 0 rings (SSSR count). The van der Waals surface area contributed by atoms with Crippen molar-refractivity contribution in [1.82, 2.24) is 0 Å². The number of rotatable bonds is 12. The highest BCUT2D eigenvalue weighted by Gasteiger charge is 2.06. The van der Waals surface area contributed by atoms with Crippen LogP contribution in [0.1, 0.15) is 66.2 Å². The van der Waals surface area contributed by atoms with Crippen LogP contribution in [-0.2, 0) is 9.53 Å². The fourth-order valence-corrected chi connectivity index (χ4v) is 2.09. The number of allylic oxidation sites excluding steroid dienone is 6. The number of carbonyl (C=O) groups excluding carboxylic acids is 1. The zero-order valence-corrected chi connectivity index (χ0v) is 16.2. The number of hydrogen-bond acceptors (Lipinski definition) is 4. The molecule has 0 heterocycles. The summed E-state index contributed by atoms with van der Waals surface area (Å²) in [7, 11) is 0. The predicted molar refractivity (Wildman–Crippen MR) is 102 cm³/mol. The van der Waals surface area contributed by atoms with Crippen LogP contribution >= 0.6 is 0 Å². The summed E-state index contributed by atoms with van der Waals surface area (Å²) in [5.41, 5.74) is 4.06. The smallest absolute Gasteiger partial charge is 0.306 e. The third-order valence-electron chi connectivity index (χ3n) is 3.61. The van der Waals surface area contributed by atoms with Crippen molar-refractivity contribution in [3.05, 3.63) is 34.9 Å². The highest BCUT2D eigenvalue weighted by molar-refractivity contribution is 5.69. The number of hydrogen-bond donors (Lipinski definition) is 2. The molecule has 0 aliphatic rings. The number of esters is 1. The van der Waals surface area contributed by atoms with Gasteiger partial charge in [-0.25, -0.2) is 0 Å². The van der Waals surface area contributed by atoms with Crippen molar-refractivity contribution in [2.24, 2.45) is 0 Å². The zero-order valence-electron chi connectivity index (χ0n) is 16.2. The Morgan fingerprint density at radius 2 is 1.40 bits per heavy atom. The van der Waals surface area contributed by atoms with E-state index in [0.717, 1.165) is 25.7 Å². The fourth-order valence-electron chi connectivity index (χ4n) is 2.09. The molecule has 0 aromatic carbocycles. The minimum atomic E-state index is -0.988. The molecule has 1 atom stereocenters. The first-order chi connectivity index (χ1) is 11.3. The summed E-state index contributed by atoms with van der Waals surface area (Å²) in [6, 6.07) is 0. The molecule has 0 amide bonds. The zero-order chi connectivity index (χ0) is 18.4. The van der Waals surface area contributed by atoms with Crippen LogP contribution in [-0.4, -0.2) is 41.0 Å². The summed E-state index contributed by atoms with van der Waals surface area (Å²) in [6.07, 6.45) is 10.8. The molecule has 0 aliphatic heterocycles. The van der Waals surface area contributed by atoms with Crippen LogP contribution < -0.4 is 0 Å². The first-order valence-corrected chi connectivity index (χ1v) is 8.74. The van der Waals surface area contributed by atoms with Crippen LogP contribution in [0.25, 0.3) is 0 Å². The van der Waals surface area contributed by atoms with Crippen molar-refractivity contribution in [3.8, 4) is 0 Å². The maximum absolute atomic E-state index is 11.4. The Labute approximate surface area is 152 Å². The van der Waals surface area contributed by atoms with Crippen LogP contribution in [0.5, 0.6) is 0 Å². The lowest BCUT2D eigenvalue weighted by Gasteiger charge is -2.07. The van der Waals surface area contributed by atoms with E-state index in [2.05, 4.69) is 45.9 Å². The summed E-state index contributed by atoms with van der Waals surface area (Å²) in [4.78, 5) is 11.4. The standard InChI is InChI=1S/C20H34O4.H2O/c1-16(2)8-5-9-17(3)10-6-11-18(4)12-7-13-20(23)24-15-19(22)14-21;/h8,10,12,19,21-22H,5-7,9,11,13-15H2,1-4H3;1H2. The van der Waals surface area contributed by atoms with Gasteiger partial charge < -0.3 is 20.4 Å². The molecule has 0 spiro atoms. The minimum absolute atomic E-state index is 0. The van der Waals surface area contributed by atoms with Crippen LogP contribution in [0.2, 0.25) is 0 Å². The Balaban J connectivity index is 0. The molecule has 146 valence electrons. The second-order valence-electron chi connectivity index (χ2n) is 6.52. The number of carbonyl (C=O) groups is 1. The Hall–Kier alpha value is -1.43. The molecule has 5 heteroatoms. The Bertz CT molecular complexity index is 445. The second kappa shape index (κ2) is 16.1. The largest absolute Gasteiger partial charge is 0.463 e. The lowest BCUT2D eigenvalue weighted by molar-refractivity contribution is -0.147. The Morgan fingerprint density at radius 3 is 1.88 bits per heavy atom. The molecular weight excluding hydrogens is 320 g/mol. The molecule has 0 saturated carbocycles. The monoisotopic (exact) mass is 356 g/mol. The lowest BCUT2D eigenvalue weighted by Crippen LogP contribution is -2.21. The second-order valence-corrected chi connectivity index (χ2v) is 6.52. The van der Waals surface area contributed by atoms with E-state index in [1.807, 2.05) is 0 Å². The van der Waals surface area contributed by atoms with Gasteiger partial charge in [0.25, 0.3) is 0 Å². The van der Waals surface area contributed by atoms with Crippen molar-refractivity contribution < 1.29 is 25.2 Å². The van der Waals surface area contributed by atoms with Crippen LogP contribution in [0.15, 0.2) is 34.9 Å². The molecule has 0 radical (unpaired) electrons. The van der Waals surface area contributed by atoms with E-state index in [-0.39, 0.29) is 18.1 Å². The van der Waals surface area contributed by atoms with Crippen molar-refractivity contribution in [2.45, 2.75) is 72.3 Å². The molecule has 0 saturated heterocycles. The summed E-state index contributed by atoms with van der Waals surface area (Å²) in [5, 5.41) is 17.7. The van der Waals surface area contributed by atoms with Gasteiger partial charge in [-0.1, -0.05) is 34.9 Å². The van der Waals surface area contributed by atoms with Gasteiger partial charge in [0.2, 0.25) is 0 Å². The fraction of sp³-hybridized carbons (Fsp3) is 0.650. The van der Waals surface area contributed by atoms with Gasteiger partial charge in [0.15, 0.2) is 0 Å². The summed E-state index contributed by atoms with van der Waals surface area (Å²) >= 11 is 0. The van der Waals surface area contributed by atoms with Gasteiger partial charge >= 0.3 is 5.97 Å². The maximum Gasteiger partial charge on any atom is 0.306 e. The van der Waals surface area contributed by atoms with Crippen LogP contribution in [0.4, 0.5) is 0 Å². The minimum Gasteiger partial charge on any atom is -0.463 e. The quantitative estimate of drug-likeness (QED) is 0.414. The van der Waals surface area contributed by atoms with Crippen molar-refractivity contribution in [2.75, 3.05) is 13.2 Å². The van der Waals surface area contributed by atoms with E-state index in [1.54, 1.807) is 0 Å². The van der Waals surface area contributed by atoms with Gasteiger partial charge in [0, 0.05) is 6.42 Å². The average molecular weight is 357 g/mol. The Kier molecular flexibility index (Phi) is 16.6. The van der Waals surface area contributed by atoms with E-state index >= 15 is 0 Å². The average Bonchev–Trinajstić information content (AvgIpc) is 2.52. The highest BCUT2D eigenvalue weighted by atomic mass is 16.5. The van der Waals surface area contributed by atoms with Crippen molar-refractivity contribution in [1.29, 1.82) is 0 Å². The van der Waals surface area contributed by atoms with Crippen molar-refractivity contribution in [3.63, 3.8) is 0 Å². The maximum atomic E-state index is 11.4. The van der Waals surface area contributed by atoms with Gasteiger partial charge in [-0.15, -0.1) is 0 Å². The first kappa shape index (κ1) is 25.8. The SMILES string of the molecule is CC(C)=CCCC(C)=CCCC(C)=CCCC(=O)OCC(O)CO.O. The lowest BCUT2D eigenvalue weighted by atomic mass is 10.1. The first-order valence-electron chi connectivity index (χ1n) is 8.74. The molecule has 0 fully saturated rings. The molecule has 5 nitrogen and oxygen atoms in total. The molecule has 25 heavy (non-hydrogen) atoms.